The van der Waals surface area contributed by atoms with Crippen molar-refractivity contribution in [1.29, 1.82) is 0 Å². The molecule has 0 atom stereocenters. The second kappa shape index (κ2) is 5.04. The number of Topliss-reactive ketones (excluding diaryl/α,β-unsaturated/α-hetero) is 1. The minimum Gasteiger partial charge on any atom is -0.507 e. The number of rotatable bonds is 4. The number of ketones is 2. The molecule has 4 heteroatoms. The van der Waals surface area contributed by atoms with Gasteiger partial charge in [0, 0.05) is 11.6 Å². The number of hydrogen-bond donors (Lipinski definition) is 1. The van der Waals surface area contributed by atoms with Crippen molar-refractivity contribution in [2.45, 2.75) is 19.8 Å². The quantitative estimate of drug-likeness (QED) is 0.829. The lowest BCUT2D eigenvalue weighted by molar-refractivity contribution is 0.0877. The van der Waals surface area contributed by atoms with Gasteiger partial charge in [-0.25, -0.2) is 0 Å². The Hall–Kier alpha value is -2.10. The molecule has 0 radical (unpaired) electrons. The monoisotopic (exact) mass is 246 g/mol. The third-order valence-electron chi connectivity index (χ3n) is 2.78. The maximum atomic E-state index is 12.1. The van der Waals surface area contributed by atoms with Gasteiger partial charge in [0.05, 0.1) is 12.2 Å². The van der Waals surface area contributed by atoms with E-state index in [9.17, 15) is 14.7 Å². The maximum Gasteiger partial charge on any atom is 0.232 e. The summed E-state index contributed by atoms with van der Waals surface area (Å²) in [5.41, 5.74) is 0.263. The number of aromatic hydroxyl groups is 1. The summed E-state index contributed by atoms with van der Waals surface area (Å²) in [5.74, 6) is -0.913. The molecule has 18 heavy (non-hydrogen) atoms. The summed E-state index contributed by atoms with van der Waals surface area (Å²) in [4.78, 5) is 23.9. The molecule has 0 amide bonds. The first-order chi connectivity index (χ1) is 8.65. The van der Waals surface area contributed by atoms with Crippen LogP contribution in [0.15, 0.2) is 30.0 Å². The Morgan fingerprint density at radius 1 is 1.28 bits per heavy atom. The number of unbranched alkanes of at least 4 members (excludes halogenated alkanes) is 1. The molecular formula is C14H14O4. The summed E-state index contributed by atoms with van der Waals surface area (Å²) in [7, 11) is 0. The first-order valence-electron chi connectivity index (χ1n) is 5.90. The van der Waals surface area contributed by atoms with Crippen molar-refractivity contribution in [2.24, 2.45) is 0 Å². The van der Waals surface area contributed by atoms with E-state index in [4.69, 9.17) is 4.74 Å². The van der Waals surface area contributed by atoms with Gasteiger partial charge in [-0.3, -0.25) is 9.59 Å². The van der Waals surface area contributed by atoms with Crippen molar-refractivity contribution in [2.75, 3.05) is 6.61 Å². The summed E-state index contributed by atoms with van der Waals surface area (Å²) >= 11 is 0. The van der Waals surface area contributed by atoms with Crippen LogP contribution in [-0.4, -0.2) is 23.3 Å². The summed E-state index contributed by atoms with van der Waals surface area (Å²) in [6, 6.07) is 4.45. The zero-order valence-electron chi connectivity index (χ0n) is 10.1. The van der Waals surface area contributed by atoms with Gasteiger partial charge in [0.2, 0.25) is 5.78 Å². The molecule has 1 aliphatic rings. The van der Waals surface area contributed by atoms with Crippen molar-refractivity contribution in [3.63, 3.8) is 0 Å². The van der Waals surface area contributed by atoms with E-state index in [0.29, 0.717) is 6.61 Å². The number of allylic oxidation sites excluding steroid dienone is 2. The van der Waals surface area contributed by atoms with Gasteiger partial charge < -0.3 is 9.84 Å². The number of carbonyl (C=O) groups is 2. The van der Waals surface area contributed by atoms with Crippen LogP contribution in [0.1, 0.15) is 40.5 Å². The zero-order chi connectivity index (χ0) is 13.1. The van der Waals surface area contributed by atoms with E-state index < -0.39 is 5.78 Å². The molecule has 0 unspecified atom stereocenters. The minimum atomic E-state index is -0.432. The fourth-order valence-corrected chi connectivity index (χ4v) is 1.80. The van der Waals surface area contributed by atoms with E-state index in [0.717, 1.165) is 12.8 Å². The second-order valence-corrected chi connectivity index (χ2v) is 4.10. The van der Waals surface area contributed by atoms with Crippen LogP contribution in [-0.2, 0) is 4.74 Å². The Kier molecular flexibility index (Phi) is 3.46. The van der Waals surface area contributed by atoms with Crippen LogP contribution in [0.4, 0.5) is 0 Å². The van der Waals surface area contributed by atoms with Crippen molar-refractivity contribution >= 4 is 11.6 Å². The largest absolute Gasteiger partial charge is 0.507 e. The van der Waals surface area contributed by atoms with Crippen LogP contribution in [0.5, 0.6) is 5.75 Å². The molecule has 4 nitrogen and oxygen atoms in total. The molecular weight excluding hydrogens is 232 g/mol. The highest BCUT2D eigenvalue weighted by Crippen LogP contribution is 2.29. The van der Waals surface area contributed by atoms with Gasteiger partial charge >= 0.3 is 0 Å². The molecule has 1 N–H and O–H groups in total. The topological polar surface area (TPSA) is 63.6 Å². The molecule has 0 spiro atoms. The molecule has 0 fully saturated rings. The standard InChI is InChI=1S/C14H14O4/c1-2-3-7-18-12-8-11(16)9-5-4-6-10(15)13(9)14(12)17/h4-6,8,15H,2-3,7H2,1H3. The summed E-state index contributed by atoms with van der Waals surface area (Å²) < 4.78 is 5.30. The average molecular weight is 246 g/mol. The average Bonchev–Trinajstić information content (AvgIpc) is 2.35. The van der Waals surface area contributed by atoms with Crippen LogP contribution >= 0.6 is 0 Å². The minimum absolute atomic E-state index is 0.0162. The van der Waals surface area contributed by atoms with Gasteiger partial charge in [0.25, 0.3) is 0 Å². The van der Waals surface area contributed by atoms with Gasteiger partial charge in [0.15, 0.2) is 11.5 Å². The molecule has 94 valence electrons. The zero-order valence-corrected chi connectivity index (χ0v) is 10.1. The van der Waals surface area contributed by atoms with E-state index >= 15 is 0 Å². The fraction of sp³-hybridized carbons (Fsp3) is 0.286. The number of carbonyl (C=O) groups excluding carboxylic acids is 2. The molecule has 2 rings (SSSR count). The Bertz CT molecular complexity index is 529. The molecule has 0 heterocycles. The molecule has 0 saturated carbocycles. The normalized spacial score (nSPS) is 14.2. The number of hydrogen-bond acceptors (Lipinski definition) is 4. The summed E-state index contributed by atoms with van der Waals surface area (Å²) in [6.07, 6.45) is 2.95. The van der Waals surface area contributed by atoms with Crippen LogP contribution in [0, 0.1) is 0 Å². The van der Waals surface area contributed by atoms with Gasteiger partial charge in [-0.05, 0) is 12.5 Å². The van der Waals surface area contributed by atoms with E-state index in [1.165, 1.54) is 24.3 Å². The highest BCUT2D eigenvalue weighted by molar-refractivity contribution is 6.24. The third kappa shape index (κ3) is 2.14. The molecule has 1 aliphatic carbocycles. The second-order valence-electron chi connectivity index (χ2n) is 4.10. The number of ether oxygens (including phenoxy) is 1. The Morgan fingerprint density at radius 3 is 2.78 bits per heavy atom. The molecule has 1 aromatic carbocycles. The molecule has 1 aromatic rings. The van der Waals surface area contributed by atoms with Crippen LogP contribution in [0.3, 0.4) is 0 Å². The number of fused-ring (bicyclic) bond motifs is 1. The lowest BCUT2D eigenvalue weighted by Gasteiger charge is -2.16. The summed E-state index contributed by atoms with van der Waals surface area (Å²) in [5, 5.41) is 9.68. The molecule has 0 aromatic heterocycles. The first kappa shape index (κ1) is 12.4. The number of benzene rings is 1. The predicted octanol–water partition coefficient (Wildman–Crippen LogP) is 2.47. The van der Waals surface area contributed by atoms with E-state index in [2.05, 4.69) is 0 Å². The smallest absolute Gasteiger partial charge is 0.232 e. The third-order valence-corrected chi connectivity index (χ3v) is 2.78. The van der Waals surface area contributed by atoms with E-state index in [1.807, 2.05) is 6.92 Å². The van der Waals surface area contributed by atoms with Gasteiger partial charge in [-0.2, -0.15) is 0 Å². The van der Waals surface area contributed by atoms with Gasteiger partial charge in [-0.1, -0.05) is 25.5 Å². The lowest BCUT2D eigenvalue weighted by atomic mass is 9.93. The Balaban J connectivity index is 2.31. The van der Waals surface area contributed by atoms with Gasteiger partial charge in [0.1, 0.15) is 5.75 Å². The van der Waals surface area contributed by atoms with Crippen molar-refractivity contribution < 1.29 is 19.4 Å². The molecule has 0 saturated heterocycles. The van der Waals surface area contributed by atoms with Crippen molar-refractivity contribution in [3.05, 3.63) is 41.2 Å². The fourth-order valence-electron chi connectivity index (χ4n) is 1.80. The van der Waals surface area contributed by atoms with Crippen molar-refractivity contribution in [3.8, 4) is 5.75 Å². The van der Waals surface area contributed by atoms with Crippen LogP contribution in [0.2, 0.25) is 0 Å². The van der Waals surface area contributed by atoms with Crippen molar-refractivity contribution in [1.82, 2.24) is 0 Å². The summed E-state index contributed by atoms with van der Waals surface area (Å²) in [6.45, 7) is 2.40. The highest BCUT2D eigenvalue weighted by Gasteiger charge is 2.29. The van der Waals surface area contributed by atoms with E-state index in [1.54, 1.807) is 0 Å². The van der Waals surface area contributed by atoms with E-state index in [-0.39, 0.29) is 28.4 Å². The predicted molar refractivity (Wildman–Crippen MR) is 65.7 cm³/mol. The van der Waals surface area contributed by atoms with Gasteiger partial charge in [-0.15, -0.1) is 0 Å². The first-order valence-corrected chi connectivity index (χ1v) is 5.90. The Morgan fingerprint density at radius 2 is 2.06 bits per heavy atom. The molecule has 0 aliphatic heterocycles. The highest BCUT2D eigenvalue weighted by atomic mass is 16.5. The Labute approximate surface area is 105 Å². The molecule has 0 bridgehead atoms. The lowest BCUT2D eigenvalue weighted by Crippen LogP contribution is -2.19. The number of phenols is 1. The van der Waals surface area contributed by atoms with Crippen LogP contribution in [0.25, 0.3) is 0 Å². The van der Waals surface area contributed by atoms with Crippen LogP contribution < -0.4 is 0 Å². The SMILES string of the molecule is CCCCOC1=CC(=O)c2cccc(O)c2C1=O. The maximum absolute atomic E-state index is 12.1. The number of phenolic OH excluding ortho intramolecular Hbond substituents is 1.